The number of rotatable bonds is 4. The molecule has 0 bridgehead atoms. The van der Waals surface area contributed by atoms with Crippen LogP contribution in [0.4, 0.5) is 0 Å². The molecule has 78 valence electrons. The summed E-state index contributed by atoms with van der Waals surface area (Å²) in [5, 5.41) is 0. The zero-order valence-corrected chi connectivity index (χ0v) is 8.66. The lowest BCUT2D eigenvalue weighted by atomic mass is 9.98. The molecule has 1 rings (SSSR count). The third-order valence-electron chi connectivity index (χ3n) is 2.03. The summed E-state index contributed by atoms with van der Waals surface area (Å²) in [4.78, 5) is 11.4. The van der Waals surface area contributed by atoms with Gasteiger partial charge in [-0.15, -0.1) is 0 Å². The number of hydrogen-bond donors (Lipinski definition) is 0. The molecular formula is C11H16O3. The van der Waals surface area contributed by atoms with Gasteiger partial charge in [-0.2, -0.15) is 0 Å². The molecule has 0 spiro atoms. The van der Waals surface area contributed by atoms with Crippen LogP contribution in [-0.2, 0) is 14.3 Å². The van der Waals surface area contributed by atoms with Gasteiger partial charge >= 0.3 is 5.97 Å². The first-order valence-corrected chi connectivity index (χ1v) is 4.78. The van der Waals surface area contributed by atoms with Crippen molar-refractivity contribution in [2.75, 3.05) is 20.3 Å². The van der Waals surface area contributed by atoms with E-state index in [-0.39, 0.29) is 5.97 Å². The number of carbonyl (C=O) groups is 1. The van der Waals surface area contributed by atoms with Gasteiger partial charge in [0.25, 0.3) is 0 Å². The minimum absolute atomic E-state index is 0.259. The van der Waals surface area contributed by atoms with E-state index in [0.717, 1.165) is 6.42 Å². The second kappa shape index (κ2) is 5.60. The van der Waals surface area contributed by atoms with Crippen molar-refractivity contribution in [3.05, 3.63) is 23.8 Å². The Bertz CT molecular complexity index is 253. The molecule has 1 aliphatic carbocycles. The maximum Gasteiger partial charge on any atom is 0.337 e. The minimum atomic E-state index is -0.259. The molecule has 0 aromatic heterocycles. The summed E-state index contributed by atoms with van der Waals surface area (Å²) in [6, 6.07) is 0. The highest BCUT2D eigenvalue weighted by molar-refractivity contribution is 5.91. The Kier molecular flexibility index (Phi) is 4.40. The van der Waals surface area contributed by atoms with Gasteiger partial charge in [-0.3, -0.25) is 0 Å². The van der Waals surface area contributed by atoms with E-state index in [9.17, 15) is 4.79 Å². The van der Waals surface area contributed by atoms with Gasteiger partial charge in [0.1, 0.15) is 6.61 Å². The van der Waals surface area contributed by atoms with Gasteiger partial charge in [0.05, 0.1) is 12.2 Å². The Hall–Kier alpha value is -1.09. The second-order valence-electron chi connectivity index (χ2n) is 3.37. The number of carbonyl (C=O) groups excluding carboxylic acids is 1. The highest BCUT2D eigenvalue weighted by atomic mass is 16.6. The Labute approximate surface area is 84.4 Å². The number of allylic oxidation sites excluding steroid dienone is 2. The molecule has 0 saturated carbocycles. The fourth-order valence-corrected chi connectivity index (χ4v) is 1.28. The van der Waals surface area contributed by atoms with Gasteiger partial charge in [-0.05, 0) is 12.3 Å². The Balaban J connectivity index is 2.40. The van der Waals surface area contributed by atoms with E-state index in [1.807, 2.05) is 18.2 Å². The molecule has 1 atom stereocenters. The van der Waals surface area contributed by atoms with Crippen molar-refractivity contribution in [3.8, 4) is 0 Å². The maximum absolute atomic E-state index is 11.4. The number of ether oxygens (including phenoxy) is 2. The summed E-state index contributed by atoms with van der Waals surface area (Å²) in [6.07, 6.45) is 6.75. The Morgan fingerprint density at radius 3 is 3.00 bits per heavy atom. The molecule has 3 heteroatoms. The molecule has 0 heterocycles. The molecule has 0 amide bonds. The first-order chi connectivity index (χ1) is 6.74. The summed E-state index contributed by atoms with van der Waals surface area (Å²) in [7, 11) is 1.58. The van der Waals surface area contributed by atoms with Crippen LogP contribution in [0.1, 0.15) is 13.3 Å². The van der Waals surface area contributed by atoms with Crippen LogP contribution in [0.25, 0.3) is 0 Å². The van der Waals surface area contributed by atoms with Crippen molar-refractivity contribution < 1.29 is 14.3 Å². The summed E-state index contributed by atoms with van der Waals surface area (Å²) in [6.45, 7) is 2.83. The van der Waals surface area contributed by atoms with E-state index >= 15 is 0 Å². The SMILES string of the molecule is COCCOC(=O)C1=CC(C)CC=C1. The number of esters is 1. The van der Waals surface area contributed by atoms with E-state index in [1.165, 1.54) is 0 Å². The number of methoxy groups -OCH3 is 1. The van der Waals surface area contributed by atoms with Crippen LogP contribution in [0.3, 0.4) is 0 Å². The minimum Gasteiger partial charge on any atom is -0.460 e. The fourth-order valence-electron chi connectivity index (χ4n) is 1.28. The van der Waals surface area contributed by atoms with Gasteiger partial charge in [0.15, 0.2) is 0 Å². The Morgan fingerprint density at radius 1 is 1.57 bits per heavy atom. The lowest BCUT2D eigenvalue weighted by molar-refractivity contribution is -0.139. The molecule has 1 unspecified atom stereocenters. The monoisotopic (exact) mass is 196 g/mol. The highest BCUT2D eigenvalue weighted by Gasteiger charge is 2.12. The zero-order chi connectivity index (χ0) is 10.4. The van der Waals surface area contributed by atoms with E-state index in [0.29, 0.717) is 24.7 Å². The van der Waals surface area contributed by atoms with E-state index < -0.39 is 0 Å². The smallest absolute Gasteiger partial charge is 0.337 e. The maximum atomic E-state index is 11.4. The highest BCUT2D eigenvalue weighted by Crippen LogP contribution is 2.16. The van der Waals surface area contributed by atoms with Crippen molar-refractivity contribution >= 4 is 5.97 Å². The summed E-state index contributed by atoms with van der Waals surface area (Å²) in [5.74, 6) is 0.162. The summed E-state index contributed by atoms with van der Waals surface area (Å²) < 4.78 is 9.77. The first kappa shape index (κ1) is 11.0. The summed E-state index contributed by atoms with van der Waals surface area (Å²) in [5.41, 5.74) is 0.653. The second-order valence-corrected chi connectivity index (χ2v) is 3.37. The lowest BCUT2D eigenvalue weighted by Gasteiger charge is -2.11. The van der Waals surface area contributed by atoms with Crippen LogP contribution in [0.2, 0.25) is 0 Å². The molecule has 0 aromatic carbocycles. The topological polar surface area (TPSA) is 35.5 Å². The first-order valence-electron chi connectivity index (χ1n) is 4.78. The molecule has 0 aliphatic heterocycles. The van der Waals surface area contributed by atoms with Gasteiger partial charge in [0, 0.05) is 7.11 Å². The van der Waals surface area contributed by atoms with Crippen molar-refractivity contribution in [2.45, 2.75) is 13.3 Å². The molecule has 0 saturated heterocycles. The van der Waals surface area contributed by atoms with Crippen LogP contribution in [0.15, 0.2) is 23.8 Å². The third-order valence-corrected chi connectivity index (χ3v) is 2.03. The van der Waals surface area contributed by atoms with Gasteiger partial charge in [0.2, 0.25) is 0 Å². The van der Waals surface area contributed by atoms with Gasteiger partial charge in [-0.1, -0.05) is 25.2 Å². The van der Waals surface area contributed by atoms with Crippen LogP contribution < -0.4 is 0 Å². The predicted octanol–water partition coefficient (Wildman–Crippen LogP) is 1.70. The van der Waals surface area contributed by atoms with Gasteiger partial charge in [-0.25, -0.2) is 4.79 Å². The average molecular weight is 196 g/mol. The van der Waals surface area contributed by atoms with Crippen LogP contribution in [0.5, 0.6) is 0 Å². The van der Waals surface area contributed by atoms with E-state index in [2.05, 4.69) is 6.92 Å². The fraction of sp³-hybridized carbons (Fsp3) is 0.545. The summed E-state index contributed by atoms with van der Waals surface area (Å²) >= 11 is 0. The Morgan fingerprint density at radius 2 is 2.36 bits per heavy atom. The van der Waals surface area contributed by atoms with E-state index in [1.54, 1.807) is 7.11 Å². The van der Waals surface area contributed by atoms with Crippen molar-refractivity contribution in [1.82, 2.24) is 0 Å². The lowest BCUT2D eigenvalue weighted by Crippen LogP contribution is -2.13. The van der Waals surface area contributed by atoms with Crippen molar-refractivity contribution in [3.63, 3.8) is 0 Å². The number of hydrogen-bond acceptors (Lipinski definition) is 3. The molecule has 1 aliphatic rings. The van der Waals surface area contributed by atoms with E-state index in [4.69, 9.17) is 9.47 Å². The third kappa shape index (κ3) is 3.34. The zero-order valence-electron chi connectivity index (χ0n) is 8.66. The molecule has 3 nitrogen and oxygen atoms in total. The predicted molar refractivity (Wildman–Crippen MR) is 53.8 cm³/mol. The molecule has 0 radical (unpaired) electrons. The van der Waals surface area contributed by atoms with Gasteiger partial charge < -0.3 is 9.47 Å². The molecule has 0 N–H and O–H groups in total. The largest absolute Gasteiger partial charge is 0.460 e. The quantitative estimate of drug-likeness (QED) is 0.507. The molecule has 14 heavy (non-hydrogen) atoms. The van der Waals surface area contributed by atoms with Crippen molar-refractivity contribution in [1.29, 1.82) is 0 Å². The standard InChI is InChI=1S/C11H16O3/c1-9-4-3-5-10(8-9)11(12)14-7-6-13-2/h3,5,8-9H,4,6-7H2,1-2H3. The molecule has 0 fully saturated rings. The van der Waals surface area contributed by atoms with Crippen LogP contribution in [0, 0.1) is 5.92 Å². The normalized spacial score (nSPS) is 20.4. The average Bonchev–Trinajstić information content (AvgIpc) is 2.18. The van der Waals surface area contributed by atoms with Crippen LogP contribution in [-0.4, -0.2) is 26.3 Å². The molecule has 0 aromatic rings. The van der Waals surface area contributed by atoms with Crippen molar-refractivity contribution in [2.24, 2.45) is 5.92 Å². The van der Waals surface area contributed by atoms with Crippen LogP contribution >= 0.6 is 0 Å². The molecular weight excluding hydrogens is 180 g/mol.